The van der Waals surface area contributed by atoms with E-state index in [4.69, 9.17) is 9.26 Å². The zero-order chi connectivity index (χ0) is 13.2. The molecular weight excluding hydrogens is 240 g/mol. The van der Waals surface area contributed by atoms with E-state index < -0.39 is 0 Å². The highest BCUT2D eigenvalue weighted by atomic mass is 16.5. The van der Waals surface area contributed by atoms with Crippen LogP contribution in [0.5, 0.6) is 0 Å². The van der Waals surface area contributed by atoms with Crippen LogP contribution in [0.25, 0.3) is 17.0 Å². The lowest BCUT2D eigenvalue weighted by molar-refractivity contribution is 0.122. The average molecular weight is 258 g/mol. The Hall–Kier alpha value is -1.81. The van der Waals surface area contributed by atoms with Crippen LogP contribution >= 0.6 is 0 Å². The van der Waals surface area contributed by atoms with Crippen LogP contribution in [-0.2, 0) is 4.74 Å². The summed E-state index contributed by atoms with van der Waals surface area (Å²) in [5.74, 6) is 0. The van der Waals surface area contributed by atoms with Crippen LogP contribution in [0.1, 0.15) is 18.2 Å². The second kappa shape index (κ2) is 5.05. The molecule has 0 radical (unpaired) electrons. The molecule has 4 nitrogen and oxygen atoms in total. The van der Waals surface area contributed by atoms with Crippen molar-refractivity contribution >= 4 is 22.7 Å². The maximum absolute atomic E-state index is 5.50. The molecule has 3 rings (SSSR count). The summed E-state index contributed by atoms with van der Waals surface area (Å²) in [5, 5.41) is 5.16. The van der Waals surface area contributed by atoms with E-state index in [-0.39, 0.29) is 0 Å². The lowest BCUT2D eigenvalue weighted by atomic mass is 10.1. The van der Waals surface area contributed by atoms with Crippen molar-refractivity contribution < 1.29 is 9.26 Å². The summed E-state index contributed by atoms with van der Waals surface area (Å²) in [6, 6.07) is 4.26. The Morgan fingerprint density at radius 1 is 1.26 bits per heavy atom. The largest absolute Gasteiger partial charge is 0.378 e. The van der Waals surface area contributed by atoms with Crippen molar-refractivity contribution in [2.24, 2.45) is 0 Å². The number of aryl methyl sites for hydroxylation is 1. The molecule has 1 saturated heterocycles. The van der Waals surface area contributed by atoms with Crippen molar-refractivity contribution in [1.82, 2.24) is 5.16 Å². The van der Waals surface area contributed by atoms with Crippen LogP contribution in [0.15, 0.2) is 22.7 Å². The lowest BCUT2D eigenvalue weighted by Crippen LogP contribution is -2.36. The summed E-state index contributed by atoms with van der Waals surface area (Å²) in [6.07, 6.45) is 4.13. The molecule has 0 bridgehead atoms. The normalized spacial score (nSPS) is 16.6. The highest BCUT2D eigenvalue weighted by Crippen LogP contribution is 2.32. The molecule has 0 spiro atoms. The van der Waals surface area contributed by atoms with Gasteiger partial charge in [0.15, 0.2) is 5.58 Å². The molecule has 2 aromatic rings. The number of anilines is 1. The molecule has 0 saturated carbocycles. The molecule has 1 fully saturated rings. The summed E-state index contributed by atoms with van der Waals surface area (Å²) in [5.41, 5.74) is 4.13. The Kier molecular flexibility index (Phi) is 3.25. The van der Waals surface area contributed by atoms with Crippen LogP contribution in [-0.4, -0.2) is 31.5 Å². The predicted octanol–water partition coefficient (Wildman–Crippen LogP) is 3.01. The van der Waals surface area contributed by atoms with Crippen molar-refractivity contribution in [3.63, 3.8) is 0 Å². The Balaban J connectivity index is 2.14. The van der Waals surface area contributed by atoms with Gasteiger partial charge in [-0.2, -0.15) is 0 Å². The van der Waals surface area contributed by atoms with Gasteiger partial charge in [-0.05, 0) is 26.0 Å². The van der Waals surface area contributed by atoms with Gasteiger partial charge in [0.25, 0.3) is 0 Å². The number of aromatic nitrogens is 1. The molecule has 0 N–H and O–H groups in total. The first-order chi connectivity index (χ1) is 9.31. The number of benzene rings is 1. The van der Waals surface area contributed by atoms with E-state index >= 15 is 0 Å². The molecule has 2 heterocycles. The van der Waals surface area contributed by atoms with Gasteiger partial charge in [-0.3, -0.25) is 0 Å². The van der Waals surface area contributed by atoms with E-state index in [2.05, 4.69) is 28.3 Å². The molecule has 100 valence electrons. The van der Waals surface area contributed by atoms with Gasteiger partial charge in [0.1, 0.15) is 0 Å². The Bertz CT molecular complexity index is 610. The quantitative estimate of drug-likeness (QED) is 0.830. The van der Waals surface area contributed by atoms with Gasteiger partial charge in [0, 0.05) is 29.7 Å². The molecule has 1 aliphatic heterocycles. The minimum Gasteiger partial charge on any atom is -0.378 e. The molecule has 4 heteroatoms. The Morgan fingerprint density at radius 3 is 2.79 bits per heavy atom. The first-order valence-corrected chi connectivity index (χ1v) is 6.65. The van der Waals surface area contributed by atoms with E-state index in [0.717, 1.165) is 48.5 Å². The molecule has 1 aliphatic rings. The number of ether oxygens (including phenoxy) is 1. The van der Waals surface area contributed by atoms with Crippen molar-refractivity contribution in [3.05, 3.63) is 29.5 Å². The molecule has 0 unspecified atom stereocenters. The third-order valence-electron chi connectivity index (χ3n) is 3.52. The van der Waals surface area contributed by atoms with Crippen molar-refractivity contribution in [2.45, 2.75) is 13.8 Å². The second-order valence-electron chi connectivity index (χ2n) is 4.74. The number of hydrogen-bond donors (Lipinski definition) is 0. The molecule has 0 aliphatic carbocycles. The second-order valence-corrected chi connectivity index (χ2v) is 4.74. The SMILES string of the molecule is C/C=C\c1c(N2CCOCC2)ccc2c(C)noc12. The third kappa shape index (κ3) is 2.12. The molecule has 1 aromatic carbocycles. The predicted molar refractivity (Wildman–Crippen MR) is 76.5 cm³/mol. The fourth-order valence-corrected chi connectivity index (χ4v) is 2.54. The van der Waals surface area contributed by atoms with Crippen LogP contribution in [0.3, 0.4) is 0 Å². The minimum absolute atomic E-state index is 0.781. The summed E-state index contributed by atoms with van der Waals surface area (Å²) in [7, 11) is 0. The first kappa shape index (κ1) is 12.2. The maximum Gasteiger partial charge on any atom is 0.176 e. The molecule has 19 heavy (non-hydrogen) atoms. The molecule has 0 atom stereocenters. The van der Waals surface area contributed by atoms with Gasteiger partial charge in [-0.15, -0.1) is 0 Å². The number of allylic oxidation sites excluding steroid dienone is 1. The van der Waals surface area contributed by atoms with Crippen molar-refractivity contribution in [2.75, 3.05) is 31.2 Å². The minimum atomic E-state index is 0.781. The fraction of sp³-hybridized carbons (Fsp3) is 0.400. The van der Waals surface area contributed by atoms with Gasteiger partial charge < -0.3 is 14.2 Å². The monoisotopic (exact) mass is 258 g/mol. The lowest BCUT2D eigenvalue weighted by Gasteiger charge is -2.30. The van der Waals surface area contributed by atoms with E-state index in [1.165, 1.54) is 5.69 Å². The van der Waals surface area contributed by atoms with Gasteiger partial charge in [-0.1, -0.05) is 17.3 Å². The van der Waals surface area contributed by atoms with Crippen molar-refractivity contribution in [3.8, 4) is 0 Å². The van der Waals surface area contributed by atoms with Crippen LogP contribution in [0, 0.1) is 6.92 Å². The van der Waals surface area contributed by atoms with Gasteiger partial charge in [0.2, 0.25) is 0 Å². The van der Waals surface area contributed by atoms with E-state index in [1.807, 2.05) is 19.9 Å². The average Bonchev–Trinajstić information content (AvgIpc) is 2.83. The van der Waals surface area contributed by atoms with E-state index in [9.17, 15) is 0 Å². The van der Waals surface area contributed by atoms with Crippen LogP contribution in [0.4, 0.5) is 5.69 Å². The maximum atomic E-state index is 5.50. The first-order valence-electron chi connectivity index (χ1n) is 6.65. The molecule has 1 aromatic heterocycles. The van der Waals surface area contributed by atoms with E-state index in [1.54, 1.807) is 0 Å². The van der Waals surface area contributed by atoms with Crippen LogP contribution in [0.2, 0.25) is 0 Å². The van der Waals surface area contributed by atoms with Crippen molar-refractivity contribution in [1.29, 1.82) is 0 Å². The zero-order valence-corrected chi connectivity index (χ0v) is 11.3. The number of hydrogen-bond acceptors (Lipinski definition) is 4. The number of fused-ring (bicyclic) bond motifs is 1. The summed E-state index contributed by atoms with van der Waals surface area (Å²) < 4.78 is 10.9. The highest BCUT2D eigenvalue weighted by molar-refractivity contribution is 5.93. The summed E-state index contributed by atoms with van der Waals surface area (Å²) in [6.45, 7) is 7.39. The third-order valence-corrected chi connectivity index (χ3v) is 3.52. The van der Waals surface area contributed by atoms with E-state index in [0.29, 0.717) is 0 Å². The van der Waals surface area contributed by atoms with Crippen LogP contribution < -0.4 is 4.90 Å². The number of nitrogens with zero attached hydrogens (tertiary/aromatic N) is 2. The number of rotatable bonds is 2. The summed E-state index contributed by atoms with van der Waals surface area (Å²) >= 11 is 0. The van der Waals surface area contributed by atoms with Gasteiger partial charge in [0.05, 0.1) is 18.9 Å². The Labute approximate surface area is 112 Å². The smallest absolute Gasteiger partial charge is 0.176 e. The topological polar surface area (TPSA) is 38.5 Å². The molecule has 0 amide bonds. The zero-order valence-electron chi connectivity index (χ0n) is 11.3. The van der Waals surface area contributed by atoms with Gasteiger partial charge >= 0.3 is 0 Å². The summed E-state index contributed by atoms with van der Waals surface area (Å²) in [4.78, 5) is 2.34. The number of morpholine rings is 1. The molecular formula is C15H18N2O2. The Morgan fingerprint density at radius 2 is 2.05 bits per heavy atom. The highest BCUT2D eigenvalue weighted by Gasteiger charge is 2.18. The fourth-order valence-electron chi connectivity index (χ4n) is 2.54. The standard InChI is InChI=1S/C15H18N2O2/c1-3-4-13-14(17-7-9-18-10-8-17)6-5-12-11(2)16-19-15(12)13/h3-6H,7-10H2,1-2H3/b4-3-. The van der Waals surface area contributed by atoms with Gasteiger partial charge in [-0.25, -0.2) is 0 Å².